The van der Waals surface area contributed by atoms with Gasteiger partial charge in [-0.1, -0.05) is 0 Å². The minimum absolute atomic E-state index is 0.170. The number of nitrogens with one attached hydrogen (secondary N) is 1. The number of aromatic nitrogens is 1. The maximum Gasteiger partial charge on any atom is 0.220 e. The van der Waals surface area contributed by atoms with Crippen LogP contribution >= 0.6 is 0 Å². The second-order valence-electron chi connectivity index (χ2n) is 6.32. The van der Waals surface area contributed by atoms with Crippen LogP contribution in [0.2, 0.25) is 0 Å². The molecule has 5 heteroatoms. The fraction of sp³-hybridized carbons (Fsp3) is 0.529. The molecule has 0 atom stereocenters. The number of furan rings is 1. The van der Waals surface area contributed by atoms with Crippen LogP contribution in [0, 0.1) is 5.92 Å². The van der Waals surface area contributed by atoms with Crippen LogP contribution in [-0.2, 0) is 4.79 Å². The third-order valence-corrected chi connectivity index (χ3v) is 4.20. The smallest absolute Gasteiger partial charge is 0.220 e. The van der Waals surface area contributed by atoms with Crippen molar-refractivity contribution in [3.05, 3.63) is 24.6 Å². The molecule has 1 saturated heterocycles. The number of hydrogen-bond acceptors (Lipinski definition) is 4. The molecular formula is C17H23N3O2. The fourth-order valence-electron chi connectivity index (χ4n) is 3.12. The largest absolute Gasteiger partial charge is 0.464 e. The van der Waals surface area contributed by atoms with Gasteiger partial charge < -0.3 is 14.6 Å². The van der Waals surface area contributed by atoms with Gasteiger partial charge in [0.15, 0.2) is 0 Å². The van der Waals surface area contributed by atoms with Crippen LogP contribution in [0.15, 0.2) is 29.0 Å². The van der Waals surface area contributed by atoms with E-state index in [0.29, 0.717) is 12.3 Å². The molecule has 0 radical (unpaired) electrons. The summed E-state index contributed by atoms with van der Waals surface area (Å²) >= 11 is 0. The Balaban J connectivity index is 1.60. The van der Waals surface area contributed by atoms with Gasteiger partial charge in [-0.15, -0.1) is 0 Å². The molecule has 3 heterocycles. The Morgan fingerprint density at radius 1 is 1.41 bits per heavy atom. The number of fused-ring (bicyclic) bond motifs is 1. The monoisotopic (exact) mass is 301 g/mol. The number of rotatable bonds is 4. The van der Waals surface area contributed by atoms with Crippen molar-refractivity contribution in [2.75, 3.05) is 18.0 Å². The highest BCUT2D eigenvalue weighted by molar-refractivity contribution is 5.88. The molecule has 5 nitrogen and oxygen atoms in total. The summed E-state index contributed by atoms with van der Waals surface area (Å²) in [6.45, 7) is 5.88. The molecule has 0 aliphatic carbocycles. The SMILES string of the molecule is CC(C)NC(=O)CC1CCN(c2nccc3occc23)CC1. The Morgan fingerprint density at radius 3 is 2.91 bits per heavy atom. The second kappa shape index (κ2) is 6.38. The van der Waals surface area contributed by atoms with E-state index in [1.54, 1.807) is 12.5 Å². The van der Waals surface area contributed by atoms with Crippen molar-refractivity contribution in [3.63, 3.8) is 0 Å². The minimum Gasteiger partial charge on any atom is -0.464 e. The van der Waals surface area contributed by atoms with Gasteiger partial charge in [0.2, 0.25) is 5.91 Å². The number of hydrogen-bond donors (Lipinski definition) is 1. The molecule has 118 valence electrons. The molecule has 0 aromatic carbocycles. The summed E-state index contributed by atoms with van der Waals surface area (Å²) in [5.41, 5.74) is 0.878. The molecule has 1 fully saturated rings. The summed E-state index contributed by atoms with van der Waals surface area (Å²) in [6, 6.07) is 4.08. The van der Waals surface area contributed by atoms with Gasteiger partial charge in [-0.05, 0) is 44.7 Å². The zero-order valence-corrected chi connectivity index (χ0v) is 13.2. The van der Waals surface area contributed by atoms with E-state index in [9.17, 15) is 4.79 Å². The number of carbonyl (C=O) groups is 1. The summed E-state index contributed by atoms with van der Waals surface area (Å²) in [4.78, 5) is 18.7. The van der Waals surface area contributed by atoms with Gasteiger partial charge in [0.05, 0.1) is 11.6 Å². The number of amides is 1. The molecule has 2 aromatic rings. The van der Waals surface area contributed by atoms with Gasteiger partial charge in [0.25, 0.3) is 0 Å². The fourth-order valence-corrected chi connectivity index (χ4v) is 3.12. The number of carbonyl (C=O) groups excluding carboxylic acids is 1. The molecule has 1 amide bonds. The zero-order chi connectivity index (χ0) is 15.5. The summed E-state index contributed by atoms with van der Waals surface area (Å²) in [7, 11) is 0. The molecular weight excluding hydrogens is 278 g/mol. The first-order valence-electron chi connectivity index (χ1n) is 8.00. The van der Waals surface area contributed by atoms with Gasteiger partial charge in [0.1, 0.15) is 11.4 Å². The molecule has 0 saturated carbocycles. The van der Waals surface area contributed by atoms with Crippen molar-refractivity contribution in [2.24, 2.45) is 5.92 Å². The van der Waals surface area contributed by atoms with Crippen molar-refractivity contribution in [1.29, 1.82) is 0 Å². The molecule has 1 N–H and O–H groups in total. The van der Waals surface area contributed by atoms with Crippen LogP contribution in [0.3, 0.4) is 0 Å². The Bertz CT molecular complexity index is 642. The van der Waals surface area contributed by atoms with E-state index in [1.165, 1.54) is 0 Å². The lowest BCUT2D eigenvalue weighted by atomic mass is 9.93. The number of nitrogens with zero attached hydrogens (tertiary/aromatic N) is 2. The van der Waals surface area contributed by atoms with Crippen molar-refractivity contribution in [1.82, 2.24) is 10.3 Å². The van der Waals surface area contributed by atoms with E-state index in [1.807, 2.05) is 26.0 Å². The van der Waals surface area contributed by atoms with Crippen molar-refractivity contribution in [2.45, 2.75) is 39.2 Å². The van der Waals surface area contributed by atoms with Gasteiger partial charge in [0, 0.05) is 31.7 Å². The second-order valence-corrected chi connectivity index (χ2v) is 6.32. The Morgan fingerprint density at radius 2 is 2.18 bits per heavy atom. The highest BCUT2D eigenvalue weighted by Gasteiger charge is 2.23. The average molecular weight is 301 g/mol. The number of anilines is 1. The first kappa shape index (κ1) is 14.9. The Hall–Kier alpha value is -2.04. The van der Waals surface area contributed by atoms with E-state index in [0.717, 1.165) is 42.7 Å². The van der Waals surface area contributed by atoms with E-state index in [4.69, 9.17) is 4.42 Å². The molecule has 0 bridgehead atoms. The van der Waals surface area contributed by atoms with E-state index in [-0.39, 0.29) is 11.9 Å². The van der Waals surface area contributed by atoms with Crippen LogP contribution in [0.5, 0.6) is 0 Å². The highest BCUT2D eigenvalue weighted by atomic mass is 16.3. The van der Waals surface area contributed by atoms with Gasteiger partial charge in [-0.25, -0.2) is 4.98 Å². The first-order valence-corrected chi connectivity index (χ1v) is 8.00. The predicted molar refractivity (Wildman–Crippen MR) is 86.8 cm³/mol. The van der Waals surface area contributed by atoms with E-state index >= 15 is 0 Å². The van der Waals surface area contributed by atoms with Crippen LogP contribution < -0.4 is 10.2 Å². The summed E-state index contributed by atoms with van der Waals surface area (Å²) < 4.78 is 5.44. The van der Waals surface area contributed by atoms with Crippen LogP contribution in [0.25, 0.3) is 11.0 Å². The third kappa shape index (κ3) is 3.24. The van der Waals surface area contributed by atoms with Gasteiger partial charge in [-0.3, -0.25) is 4.79 Å². The lowest BCUT2D eigenvalue weighted by Gasteiger charge is -2.32. The Labute approximate surface area is 130 Å². The van der Waals surface area contributed by atoms with Crippen LogP contribution in [-0.4, -0.2) is 30.0 Å². The summed E-state index contributed by atoms with van der Waals surface area (Å²) in [5.74, 6) is 1.64. The quantitative estimate of drug-likeness (QED) is 0.943. The number of pyridine rings is 1. The lowest BCUT2D eigenvalue weighted by molar-refractivity contribution is -0.122. The number of piperidine rings is 1. The molecule has 0 spiro atoms. The van der Waals surface area contributed by atoms with Crippen molar-refractivity contribution < 1.29 is 9.21 Å². The topological polar surface area (TPSA) is 58.4 Å². The molecule has 3 rings (SSSR count). The molecule has 1 aliphatic rings. The summed E-state index contributed by atoms with van der Waals surface area (Å²) in [5, 5.41) is 4.04. The van der Waals surface area contributed by atoms with Crippen molar-refractivity contribution >= 4 is 22.7 Å². The standard InChI is InChI=1S/C17H23N3O2/c1-12(2)19-16(21)11-13-4-8-20(9-5-13)17-14-6-10-22-15(14)3-7-18-17/h3,6-7,10,12-13H,4-5,8-9,11H2,1-2H3,(H,19,21). The van der Waals surface area contributed by atoms with Crippen LogP contribution in [0.4, 0.5) is 5.82 Å². The van der Waals surface area contributed by atoms with Gasteiger partial charge in [-0.2, -0.15) is 0 Å². The Kier molecular flexibility index (Phi) is 4.32. The normalized spacial score (nSPS) is 16.4. The maximum atomic E-state index is 11.9. The molecule has 1 aliphatic heterocycles. The molecule has 2 aromatic heterocycles. The minimum atomic E-state index is 0.170. The van der Waals surface area contributed by atoms with E-state index in [2.05, 4.69) is 15.2 Å². The third-order valence-electron chi connectivity index (χ3n) is 4.20. The average Bonchev–Trinajstić information content (AvgIpc) is 2.95. The first-order chi connectivity index (χ1) is 10.6. The molecule has 22 heavy (non-hydrogen) atoms. The zero-order valence-electron chi connectivity index (χ0n) is 13.2. The predicted octanol–water partition coefficient (Wildman–Crippen LogP) is 2.96. The van der Waals surface area contributed by atoms with E-state index < -0.39 is 0 Å². The lowest BCUT2D eigenvalue weighted by Crippen LogP contribution is -2.37. The molecule has 0 unspecified atom stereocenters. The van der Waals surface area contributed by atoms with Gasteiger partial charge >= 0.3 is 0 Å². The van der Waals surface area contributed by atoms with Crippen molar-refractivity contribution in [3.8, 4) is 0 Å². The van der Waals surface area contributed by atoms with Crippen LogP contribution in [0.1, 0.15) is 33.1 Å². The highest BCUT2D eigenvalue weighted by Crippen LogP contribution is 2.29. The maximum absolute atomic E-state index is 11.9. The summed E-state index contributed by atoms with van der Waals surface area (Å²) in [6.07, 6.45) is 6.19.